The first-order valence-corrected chi connectivity index (χ1v) is 6.51. The Kier molecular flexibility index (Phi) is 4.16. The minimum absolute atomic E-state index is 0.382. The van der Waals surface area contributed by atoms with Crippen molar-refractivity contribution in [1.29, 1.82) is 0 Å². The molecule has 1 heteroatoms. The Morgan fingerprint density at radius 3 is 2.33 bits per heavy atom. The van der Waals surface area contributed by atoms with Crippen molar-refractivity contribution in [1.82, 2.24) is 5.32 Å². The number of benzene rings is 2. The molecule has 0 heterocycles. The third-order valence-electron chi connectivity index (χ3n) is 3.48. The topological polar surface area (TPSA) is 12.0 Å². The molecule has 0 saturated carbocycles. The van der Waals surface area contributed by atoms with E-state index in [4.69, 9.17) is 0 Å². The first kappa shape index (κ1) is 12.8. The van der Waals surface area contributed by atoms with Crippen molar-refractivity contribution in [2.45, 2.75) is 33.4 Å². The SMILES string of the molecule is Cc1ccc(CN[C@H](C)c2ccccc2)cc1C. The number of rotatable bonds is 4. The predicted molar refractivity (Wildman–Crippen MR) is 77.6 cm³/mol. The van der Waals surface area contributed by atoms with Crippen LogP contribution in [0.2, 0.25) is 0 Å². The van der Waals surface area contributed by atoms with Crippen molar-refractivity contribution >= 4 is 0 Å². The summed E-state index contributed by atoms with van der Waals surface area (Å²) in [6.07, 6.45) is 0. The Morgan fingerprint density at radius 2 is 1.67 bits per heavy atom. The van der Waals surface area contributed by atoms with Crippen LogP contribution in [0.3, 0.4) is 0 Å². The first-order valence-electron chi connectivity index (χ1n) is 6.51. The van der Waals surface area contributed by atoms with Crippen molar-refractivity contribution in [2.75, 3.05) is 0 Å². The molecule has 2 rings (SSSR count). The molecule has 0 bridgehead atoms. The zero-order valence-corrected chi connectivity index (χ0v) is 11.4. The van der Waals surface area contributed by atoms with Crippen LogP contribution in [0.4, 0.5) is 0 Å². The van der Waals surface area contributed by atoms with Crippen LogP contribution in [0.1, 0.15) is 35.2 Å². The van der Waals surface area contributed by atoms with E-state index >= 15 is 0 Å². The normalized spacial score (nSPS) is 12.4. The molecule has 0 aliphatic rings. The van der Waals surface area contributed by atoms with Crippen molar-refractivity contribution in [3.05, 3.63) is 70.8 Å². The van der Waals surface area contributed by atoms with Gasteiger partial charge in [-0.05, 0) is 43.0 Å². The second-order valence-corrected chi connectivity index (χ2v) is 4.93. The molecule has 0 aromatic heterocycles. The zero-order chi connectivity index (χ0) is 13.0. The Balaban J connectivity index is 1.97. The summed E-state index contributed by atoms with van der Waals surface area (Å²) >= 11 is 0. The maximum Gasteiger partial charge on any atom is 0.0294 e. The van der Waals surface area contributed by atoms with Crippen LogP contribution >= 0.6 is 0 Å². The van der Waals surface area contributed by atoms with Crippen LogP contribution in [0.5, 0.6) is 0 Å². The number of hydrogen-bond donors (Lipinski definition) is 1. The standard InChI is InChI=1S/C17H21N/c1-13-9-10-16(11-14(13)2)12-18-15(3)17-7-5-4-6-8-17/h4-11,15,18H,12H2,1-3H3/t15-/m1/s1. The van der Waals surface area contributed by atoms with Gasteiger partial charge in [-0.2, -0.15) is 0 Å². The molecule has 1 atom stereocenters. The fraction of sp³-hybridized carbons (Fsp3) is 0.294. The van der Waals surface area contributed by atoms with Gasteiger partial charge in [0.1, 0.15) is 0 Å². The second kappa shape index (κ2) is 5.83. The smallest absolute Gasteiger partial charge is 0.0294 e. The Labute approximate surface area is 110 Å². The average molecular weight is 239 g/mol. The van der Waals surface area contributed by atoms with Crippen molar-refractivity contribution < 1.29 is 0 Å². The van der Waals surface area contributed by atoms with E-state index in [0.29, 0.717) is 6.04 Å². The van der Waals surface area contributed by atoms with Crippen LogP contribution in [0, 0.1) is 13.8 Å². The lowest BCUT2D eigenvalue weighted by atomic mass is 10.1. The highest BCUT2D eigenvalue weighted by atomic mass is 14.9. The molecule has 0 aliphatic carbocycles. The van der Waals surface area contributed by atoms with Gasteiger partial charge in [-0.25, -0.2) is 0 Å². The summed E-state index contributed by atoms with van der Waals surface area (Å²) in [6.45, 7) is 7.44. The summed E-state index contributed by atoms with van der Waals surface area (Å²) in [4.78, 5) is 0. The summed E-state index contributed by atoms with van der Waals surface area (Å²) in [5.74, 6) is 0. The van der Waals surface area contributed by atoms with Crippen molar-refractivity contribution in [3.8, 4) is 0 Å². The first-order chi connectivity index (χ1) is 8.66. The van der Waals surface area contributed by atoms with E-state index < -0.39 is 0 Å². The van der Waals surface area contributed by atoms with Gasteiger partial charge in [-0.15, -0.1) is 0 Å². The van der Waals surface area contributed by atoms with Gasteiger partial charge in [-0.1, -0.05) is 48.5 Å². The highest BCUT2D eigenvalue weighted by molar-refractivity contribution is 5.30. The summed E-state index contributed by atoms with van der Waals surface area (Å²) in [5.41, 5.74) is 5.40. The van der Waals surface area contributed by atoms with E-state index in [1.165, 1.54) is 22.3 Å². The van der Waals surface area contributed by atoms with E-state index in [-0.39, 0.29) is 0 Å². The molecule has 2 aromatic carbocycles. The predicted octanol–water partition coefficient (Wildman–Crippen LogP) is 4.15. The quantitative estimate of drug-likeness (QED) is 0.845. The Bertz CT molecular complexity index is 502. The lowest BCUT2D eigenvalue weighted by Crippen LogP contribution is -2.18. The van der Waals surface area contributed by atoms with Crippen LogP contribution in [-0.2, 0) is 6.54 Å². The molecule has 0 radical (unpaired) electrons. The Morgan fingerprint density at radius 1 is 0.944 bits per heavy atom. The second-order valence-electron chi connectivity index (χ2n) is 4.93. The van der Waals surface area contributed by atoms with E-state index in [0.717, 1.165) is 6.54 Å². The number of nitrogens with one attached hydrogen (secondary N) is 1. The lowest BCUT2D eigenvalue weighted by molar-refractivity contribution is 0.574. The molecule has 0 saturated heterocycles. The van der Waals surface area contributed by atoms with Gasteiger partial charge in [0.15, 0.2) is 0 Å². The van der Waals surface area contributed by atoms with Crippen LogP contribution in [-0.4, -0.2) is 0 Å². The maximum atomic E-state index is 3.56. The number of hydrogen-bond acceptors (Lipinski definition) is 1. The molecule has 94 valence electrons. The molecule has 2 aromatic rings. The Hall–Kier alpha value is -1.60. The van der Waals surface area contributed by atoms with E-state index in [1.54, 1.807) is 0 Å². The van der Waals surface area contributed by atoms with Gasteiger partial charge < -0.3 is 5.32 Å². The van der Waals surface area contributed by atoms with Crippen molar-refractivity contribution in [2.24, 2.45) is 0 Å². The molecule has 0 fully saturated rings. The van der Waals surface area contributed by atoms with Gasteiger partial charge >= 0.3 is 0 Å². The third kappa shape index (κ3) is 3.21. The minimum Gasteiger partial charge on any atom is -0.306 e. The molecule has 1 nitrogen and oxygen atoms in total. The monoisotopic (exact) mass is 239 g/mol. The highest BCUT2D eigenvalue weighted by Crippen LogP contribution is 2.14. The summed E-state index contributed by atoms with van der Waals surface area (Å²) in [6, 6.07) is 17.6. The van der Waals surface area contributed by atoms with E-state index in [1.807, 2.05) is 0 Å². The largest absolute Gasteiger partial charge is 0.306 e. The van der Waals surface area contributed by atoms with Gasteiger partial charge in [0.05, 0.1) is 0 Å². The van der Waals surface area contributed by atoms with Crippen LogP contribution in [0.15, 0.2) is 48.5 Å². The molecule has 0 spiro atoms. The van der Waals surface area contributed by atoms with E-state index in [2.05, 4.69) is 74.6 Å². The number of aryl methyl sites for hydroxylation is 2. The molecule has 0 unspecified atom stereocenters. The van der Waals surface area contributed by atoms with Crippen LogP contribution < -0.4 is 5.32 Å². The van der Waals surface area contributed by atoms with Crippen LogP contribution in [0.25, 0.3) is 0 Å². The van der Waals surface area contributed by atoms with Gasteiger partial charge in [0, 0.05) is 12.6 Å². The highest BCUT2D eigenvalue weighted by Gasteiger charge is 2.04. The van der Waals surface area contributed by atoms with Gasteiger partial charge in [-0.3, -0.25) is 0 Å². The third-order valence-corrected chi connectivity index (χ3v) is 3.48. The average Bonchev–Trinajstić information content (AvgIpc) is 2.41. The fourth-order valence-corrected chi connectivity index (χ4v) is 2.04. The molecule has 0 aliphatic heterocycles. The molecular formula is C17H21N. The molecular weight excluding hydrogens is 218 g/mol. The van der Waals surface area contributed by atoms with E-state index in [9.17, 15) is 0 Å². The zero-order valence-electron chi connectivity index (χ0n) is 11.4. The minimum atomic E-state index is 0.382. The fourth-order valence-electron chi connectivity index (χ4n) is 2.04. The summed E-state index contributed by atoms with van der Waals surface area (Å²) < 4.78 is 0. The lowest BCUT2D eigenvalue weighted by Gasteiger charge is -2.14. The van der Waals surface area contributed by atoms with Gasteiger partial charge in [0.2, 0.25) is 0 Å². The molecule has 1 N–H and O–H groups in total. The van der Waals surface area contributed by atoms with Gasteiger partial charge in [0.25, 0.3) is 0 Å². The summed E-state index contributed by atoms with van der Waals surface area (Å²) in [5, 5.41) is 3.56. The van der Waals surface area contributed by atoms with Crippen molar-refractivity contribution in [3.63, 3.8) is 0 Å². The molecule has 0 amide bonds. The molecule has 18 heavy (non-hydrogen) atoms. The summed E-state index contributed by atoms with van der Waals surface area (Å²) in [7, 11) is 0. The maximum absolute atomic E-state index is 3.56.